The number of aliphatic carboxylic acids is 1. The Hall–Kier alpha value is -1.84. The summed E-state index contributed by atoms with van der Waals surface area (Å²) in [5.74, 6) is -0.104. The largest absolute Gasteiger partial charge is 0.481 e. The van der Waals surface area contributed by atoms with Crippen molar-refractivity contribution in [2.45, 2.75) is 69.8 Å². The first-order valence-electron chi connectivity index (χ1n) is 12.7. The van der Waals surface area contributed by atoms with Gasteiger partial charge in [-0.05, 0) is 81.4 Å². The molecule has 6 nitrogen and oxygen atoms in total. The van der Waals surface area contributed by atoms with Crippen LogP contribution in [0, 0.1) is 23.2 Å². The summed E-state index contributed by atoms with van der Waals surface area (Å²) >= 11 is 6.34. The molecule has 6 rings (SSSR count). The van der Waals surface area contributed by atoms with E-state index in [1.807, 2.05) is 18.7 Å². The number of benzene rings is 1. The monoisotopic (exact) mass is 527 g/mol. The third-order valence-corrected chi connectivity index (χ3v) is 9.56. The highest BCUT2D eigenvalue weighted by atomic mass is 35.5. The van der Waals surface area contributed by atoms with Crippen molar-refractivity contribution in [2.75, 3.05) is 19.6 Å². The number of amides is 1. The summed E-state index contributed by atoms with van der Waals surface area (Å²) in [6, 6.07) is 2.98. The fourth-order valence-corrected chi connectivity index (χ4v) is 7.91. The Kier molecular flexibility index (Phi) is 6.36. The molecular formula is C26H33ClF3N3O3. The average molecular weight is 528 g/mol. The highest BCUT2D eigenvalue weighted by Crippen LogP contribution is 2.60. The SMILES string of the molecule is CC(C)(C(=O)NC1C2CC3CC1CC(C(=O)O)(C3)C2)N1CCNCC1c1ccc(C(F)(F)F)cc1Cl. The molecule has 10 heteroatoms. The number of carboxylic acids is 1. The van der Waals surface area contributed by atoms with Crippen LogP contribution in [0.2, 0.25) is 5.02 Å². The number of alkyl halides is 3. The Morgan fingerprint density at radius 1 is 1.17 bits per heavy atom. The Balaban J connectivity index is 1.35. The van der Waals surface area contributed by atoms with Gasteiger partial charge >= 0.3 is 12.1 Å². The topological polar surface area (TPSA) is 81.7 Å². The van der Waals surface area contributed by atoms with Crippen LogP contribution in [0.15, 0.2) is 18.2 Å². The Morgan fingerprint density at radius 2 is 1.83 bits per heavy atom. The van der Waals surface area contributed by atoms with Gasteiger partial charge in [-0.2, -0.15) is 13.2 Å². The second-order valence-electron chi connectivity index (χ2n) is 11.8. The molecule has 1 saturated heterocycles. The zero-order chi connectivity index (χ0) is 26.0. The zero-order valence-electron chi connectivity index (χ0n) is 20.5. The van der Waals surface area contributed by atoms with Gasteiger partial charge in [-0.15, -0.1) is 0 Å². The van der Waals surface area contributed by atoms with E-state index in [9.17, 15) is 27.9 Å². The summed E-state index contributed by atoms with van der Waals surface area (Å²) in [5.41, 5.74) is -1.84. The van der Waals surface area contributed by atoms with E-state index in [0.717, 1.165) is 31.4 Å². The molecule has 3 unspecified atom stereocenters. The van der Waals surface area contributed by atoms with Gasteiger partial charge in [0.1, 0.15) is 0 Å². The molecule has 1 heterocycles. The standard InChI is InChI=1S/C26H33ClF3N3O3/c1-24(2,22(34)32-21-15-7-14-8-16(21)12-25(10-14,11-15)23(35)36)33-6-5-31-13-20(33)18-4-3-17(9-19(18)27)26(28,29)30/h3-4,9,14-16,20-21,31H,5-8,10-13H2,1-2H3,(H,32,34)(H,35,36). The van der Waals surface area contributed by atoms with Crippen molar-refractivity contribution in [3.05, 3.63) is 34.3 Å². The van der Waals surface area contributed by atoms with Crippen LogP contribution in [-0.4, -0.2) is 53.1 Å². The summed E-state index contributed by atoms with van der Waals surface area (Å²) in [5, 5.41) is 16.5. The van der Waals surface area contributed by atoms with E-state index in [1.54, 1.807) is 0 Å². The number of nitrogens with one attached hydrogen (secondary N) is 2. The van der Waals surface area contributed by atoms with Crippen molar-refractivity contribution >= 4 is 23.5 Å². The quantitative estimate of drug-likeness (QED) is 0.526. The molecule has 4 bridgehead atoms. The molecule has 3 N–H and O–H groups in total. The number of carbonyl (C=O) groups is 2. The van der Waals surface area contributed by atoms with Gasteiger partial charge in [0.15, 0.2) is 0 Å². The lowest BCUT2D eigenvalue weighted by molar-refractivity contribution is -0.168. The third kappa shape index (κ3) is 4.31. The molecule has 0 radical (unpaired) electrons. The van der Waals surface area contributed by atoms with Gasteiger partial charge in [-0.25, -0.2) is 0 Å². The van der Waals surface area contributed by atoms with Crippen LogP contribution in [0.5, 0.6) is 0 Å². The Labute approximate surface area is 213 Å². The van der Waals surface area contributed by atoms with Crippen molar-refractivity contribution in [3.63, 3.8) is 0 Å². The van der Waals surface area contributed by atoms with Crippen LogP contribution in [0.3, 0.4) is 0 Å². The highest BCUT2D eigenvalue weighted by Gasteiger charge is 2.59. The van der Waals surface area contributed by atoms with Crippen molar-refractivity contribution in [2.24, 2.45) is 23.2 Å². The molecule has 5 aliphatic rings. The summed E-state index contributed by atoms with van der Waals surface area (Å²) < 4.78 is 39.5. The molecule has 0 spiro atoms. The van der Waals surface area contributed by atoms with E-state index in [-0.39, 0.29) is 34.8 Å². The van der Waals surface area contributed by atoms with E-state index in [2.05, 4.69) is 10.6 Å². The predicted molar refractivity (Wildman–Crippen MR) is 128 cm³/mol. The van der Waals surface area contributed by atoms with Gasteiger partial charge in [0.2, 0.25) is 5.91 Å². The zero-order valence-corrected chi connectivity index (χ0v) is 21.3. The summed E-state index contributed by atoms with van der Waals surface area (Å²) in [6.07, 6.45) is -0.611. The minimum absolute atomic E-state index is 0.0275. The predicted octanol–water partition coefficient (Wildman–Crippen LogP) is 4.48. The molecule has 0 aromatic heterocycles. The molecular weight excluding hydrogens is 495 g/mol. The van der Waals surface area contributed by atoms with Gasteiger partial charge in [-0.1, -0.05) is 17.7 Å². The number of rotatable bonds is 5. The molecule has 36 heavy (non-hydrogen) atoms. The van der Waals surface area contributed by atoms with Crippen LogP contribution < -0.4 is 10.6 Å². The van der Waals surface area contributed by atoms with Crippen molar-refractivity contribution in [3.8, 4) is 0 Å². The first kappa shape index (κ1) is 25.8. The number of hydrogen-bond donors (Lipinski definition) is 3. The Bertz CT molecular complexity index is 1050. The first-order chi connectivity index (χ1) is 16.8. The third-order valence-electron chi connectivity index (χ3n) is 9.23. The number of hydrogen-bond acceptors (Lipinski definition) is 4. The van der Waals surface area contributed by atoms with Gasteiger partial charge in [0, 0.05) is 36.7 Å². The molecule has 1 aromatic rings. The number of carbonyl (C=O) groups excluding carboxylic acids is 1. The fraction of sp³-hybridized carbons (Fsp3) is 0.692. The van der Waals surface area contributed by atoms with Crippen LogP contribution in [0.25, 0.3) is 0 Å². The number of halogens is 4. The molecule has 5 fully saturated rings. The molecule has 1 aromatic carbocycles. The van der Waals surface area contributed by atoms with Crippen LogP contribution in [0.1, 0.15) is 63.1 Å². The molecule has 4 saturated carbocycles. The van der Waals surface area contributed by atoms with Crippen LogP contribution >= 0.6 is 11.6 Å². The minimum atomic E-state index is -4.48. The molecule has 3 atom stereocenters. The smallest absolute Gasteiger partial charge is 0.416 e. The van der Waals surface area contributed by atoms with Crippen molar-refractivity contribution in [1.82, 2.24) is 15.5 Å². The first-order valence-corrected chi connectivity index (χ1v) is 13.1. The summed E-state index contributed by atoms with van der Waals surface area (Å²) in [7, 11) is 0. The maximum atomic E-state index is 13.7. The van der Waals surface area contributed by atoms with E-state index >= 15 is 0 Å². The molecule has 1 aliphatic heterocycles. The number of nitrogens with zero attached hydrogens (tertiary/aromatic N) is 1. The lowest BCUT2D eigenvalue weighted by Crippen LogP contribution is -2.66. The van der Waals surface area contributed by atoms with Crippen LogP contribution in [0.4, 0.5) is 13.2 Å². The lowest BCUT2D eigenvalue weighted by Gasteiger charge is -2.58. The maximum absolute atomic E-state index is 13.7. The van der Waals surface area contributed by atoms with E-state index < -0.39 is 28.7 Å². The number of piperazine rings is 1. The highest BCUT2D eigenvalue weighted by molar-refractivity contribution is 6.31. The van der Waals surface area contributed by atoms with Crippen LogP contribution in [-0.2, 0) is 15.8 Å². The summed E-state index contributed by atoms with van der Waals surface area (Å²) in [6.45, 7) is 5.31. The Morgan fingerprint density at radius 3 is 2.42 bits per heavy atom. The summed E-state index contributed by atoms with van der Waals surface area (Å²) in [4.78, 5) is 27.8. The van der Waals surface area contributed by atoms with E-state index in [1.165, 1.54) is 6.07 Å². The molecule has 1 amide bonds. The maximum Gasteiger partial charge on any atom is 0.416 e. The lowest BCUT2D eigenvalue weighted by atomic mass is 9.48. The van der Waals surface area contributed by atoms with Gasteiger partial charge < -0.3 is 15.7 Å². The van der Waals surface area contributed by atoms with Crippen molar-refractivity contribution < 1.29 is 27.9 Å². The second-order valence-corrected chi connectivity index (χ2v) is 12.2. The minimum Gasteiger partial charge on any atom is -0.481 e. The second kappa shape index (κ2) is 8.88. The van der Waals surface area contributed by atoms with Gasteiger partial charge in [-0.3, -0.25) is 14.5 Å². The average Bonchev–Trinajstić information content (AvgIpc) is 2.80. The normalized spacial score (nSPS) is 34.6. The molecule has 4 aliphatic carbocycles. The molecule has 198 valence electrons. The van der Waals surface area contributed by atoms with E-state index in [0.29, 0.717) is 44.0 Å². The number of carboxylic acid groups (broad SMARTS) is 1. The van der Waals surface area contributed by atoms with Gasteiger partial charge in [0.25, 0.3) is 0 Å². The fourth-order valence-electron chi connectivity index (χ4n) is 7.61. The van der Waals surface area contributed by atoms with E-state index in [4.69, 9.17) is 11.6 Å². The van der Waals surface area contributed by atoms with Crippen molar-refractivity contribution in [1.29, 1.82) is 0 Å². The van der Waals surface area contributed by atoms with Gasteiger partial charge in [0.05, 0.1) is 16.5 Å².